The van der Waals surface area contributed by atoms with E-state index in [1.165, 1.54) is 51.1 Å². The van der Waals surface area contributed by atoms with Crippen molar-refractivity contribution in [3.63, 3.8) is 0 Å². The van der Waals surface area contributed by atoms with Gasteiger partial charge in [-0.25, -0.2) is 8.42 Å². The third kappa shape index (κ3) is 5.72. The van der Waals surface area contributed by atoms with Gasteiger partial charge in [0.1, 0.15) is 0 Å². The van der Waals surface area contributed by atoms with E-state index >= 15 is 0 Å². The molecule has 0 amide bonds. The van der Waals surface area contributed by atoms with Crippen LogP contribution in [0.1, 0.15) is 63.4 Å². The van der Waals surface area contributed by atoms with Crippen molar-refractivity contribution in [1.82, 2.24) is 3.71 Å². The van der Waals surface area contributed by atoms with Crippen LogP contribution in [0.4, 0.5) is 0 Å². The van der Waals surface area contributed by atoms with E-state index in [0.717, 1.165) is 15.7 Å². The molecule has 140 valence electrons. The summed E-state index contributed by atoms with van der Waals surface area (Å²) in [5.74, 6) is 0.189. The van der Waals surface area contributed by atoms with E-state index in [2.05, 4.69) is 0 Å². The monoisotopic (exact) mass is 385 g/mol. The number of nitrogens with zero attached hydrogens (tertiary/aromatic N) is 1. The lowest BCUT2D eigenvalue weighted by Gasteiger charge is -2.18. The molecule has 0 bridgehead atoms. The highest BCUT2D eigenvalue weighted by molar-refractivity contribution is 8.08. The highest BCUT2D eigenvalue weighted by Crippen LogP contribution is 2.32. The predicted octanol–water partition coefficient (Wildman–Crippen LogP) is 4.30. The van der Waals surface area contributed by atoms with E-state index in [1.807, 2.05) is 12.1 Å². The number of hydrogen-bond donors (Lipinski definition) is 0. The summed E-state index contributed by atoms with van der Waals surface area (Å²) in [5.41, 5.74) is 1.23. The standard InChI is InChI=1S/C18H27NO4S2/c1-3-18(20)23-14-24-19(2)25(21,22)17-12-10-16(11-13-17)15-8-6-4-5-7-9-15/h10-13,15H,3-9,14H2,1-2H3. The summed E-state index contributed by atoms with van der Waals surface area (Å²) in [6.07, 6.45) is 7.75. The Labute approximate surface area is 155 Å². The van der Waals surface area contributed by atoms with Gasteiger partial charge in [-0.05, 0) is 48.4 Å². The molecule has 0 aromatic heterocycles. The average Bonchev–Trinajstić information content (AvgIpc) is 2.91. The van der Waals surface area contributed by atoms with Crippen LogP contribution in [0.15, 0.2) is 29.2 Å². The lowest BCUT2D eigenvalue weighted by Crippen LogP contribution is -2.21. The molecule has 25 heavy (non-hydrogen) atoms. The van der Waals surface area contributed by atoms with E-state index in [0.29, 0.717) is 5.92 Å². The van der Waals surface area contributed by atoms with Crippen molar-refractivity contribution in [1.29, 1.82) is 0 Å². The van der Waals surface area contributed by atoms with E-state index in [9.17, 15) is 13.2 Å². The summed E-state index contributed by atoms with van der Waals surface area (Å²) in [6, 6.07) is 7.26. The molecule has 0 radical (unpaired) electrons. The minimum atomic E-state index is -3.59. The Kier molecular flexibility index (Phi) is 7.78. The zero-order valence-corrected chi connectivity index (χ0v) is 16.6. The average molecular weight is 386 g/mol. The number of benzene rings is 1. The molecule has 1 aliphatic carbocycles. The number of rotatable bonds is 7. The molecule has 5 nitrogen and oxygen atoms in total. The van der Waals surface area contributed by atoms with E-state index in [-0.39, 0.29) is 23.2 Å². The fourth-order valence-corrected chi connectivity index (χ4v) is 5.06. The summed E-state index contributed by atoms with van der Waals surface area (Å²) < 4.78 is 31.2. The molecule has 1 aromatic rings. The van der Waals surface area contributed by atoms with Crippen LogP contribution < -0.4 is 0 Å². The third-order valence-electron chi connectivity index (χ3n) is 4.59. The van der Waals surface area contributed by atoms with Crippen LogP contribution >= 0.6 is 11.9 Å². The molecule has 0 N–H and O–H groups in total. The molecular formula is C18H27NO4S2. The number of esters is 1. The fourth-order valence-electron chi connectivity index (χ4n) is 3.01. The van der Waals surface area contributed by atoms with Gasteiger partial charge in [0, 0.05) is 13.5 Å². The predicted molar refractivity (Wildman–Crippen MR) is 101 cm³/mol. The molecule has 0 aliphatic heterocycles. The first-order valence-corrected chi connectivity index (χ1v) is 11.2. The normalized spacial score (nSPS) is 16.6. The topological polar surface area (TPSA) is 63.7 Å². The molecule has 0 atom stereocenters. The second-order valence-corrected chi connectivity index (χ2v) is 9.53. The van der Waals surface area contributed by atoms with Gasteiger partial charge in [0.25, 0.3) is 10.0 Å². The van der Waals surface area contributed by atoms with Gasteiger partial charge in [0.2, 0.25) is 0 Å². The van der Waals surface area contributed by atoms with Crippen LogP contribution in [0.2, 0.25) is 0 Å². The Bertz CT molecular complexity index is 650. The van der Waals surface area contributed by atoms with Crippen LogP contribution in [0.3, 0.4) is 0 Å². The van der Waals surface area contributed by atoms with Crippen molar-refractivity contribution in [2.24, 2.45) is 0 Å². The van der Waals surface area contributed by atoms with Gasteiger partial charge < -0.3 is 4.74 Å². The van der Waals surface area contributed by atoms with E-state index in [1.54, 1.807) is 19.1 Å². The number of ether oxygens (including phenoxy) is 1. The van der Waals surface area contributed by atoms with Crippen molar-refractivity contribution < 1.29 is 17.9 Å². The molecule has 0 heterocycles. The molecular weight excluding hydrogens is 358 g/mol. The Hall–Kier alpha value is -1.05. The zero-order chi connectivity index (χ0) is 18.3. The summed E-state index contributed by atoms with van der Waals surface area (Å²) in [7, 11) is -2.12. The van der Waals surface area contributed by atoms with Crippen molar-refractivity contribution in [3.8, 4) is 0 Å². The SMILES string of the molecule is CCC(=O)OCSN(C)S(=O)(=O)c1ccc(C2CCCCCC2)cc1. The van der Waals surface area contributed by atoms with E-state index < -0.39 is 10.0 Å². The summed E-state index contributed by atoms with van der Waals surface area (Å²) in [5, 5.41) is 0. The van der Waals surface area contributed by atoms with Gasteiger partial charge >= 0.3 is 5.97 Å². The van der Waals surface area contributed by atoms with Crippen molar-refractivity contribution >= 4 is 27.9 Å². The Morgan fingerprint density at radius 3 is 2.32 bits per heavy atom. The fraction of sp³-hybridized carbons (Fsp3) is 0.611. The molecule has 7 heteroatoms. The van der Waals surface area contributed by atoms with Crippen LogP contribution in [0.25, 0.3) is 0 Å². The Balaban J connectivity index is 2.00. The highest BCUT2D eigenvalue weighted by Gasteiger charge is 2.22. The molecule has 1 aliphatic rings. The van der Waals surface area contributed by atoms with Crippen molar-refractivity contribution in [3.05, 3.63) is 29.8 Å². The Morgan fingerprint density at radius 2 is 1.76 bits per heavy atom. The first-order valence-electron chi connectivity index (χ1n) is 8.82. The quantitative estimate of drug-likeness (QED) is 0.303. The zero-order valence-electron chi connectivity index (χ0n) is 14.9. The first kappa shape index (κ1) is 20.3. The lowest BCUT2D eigenvalue weighted by atomic mass is 9.92. The Morgan fingerprint density at radius 1 is 1.16 bits per heavy atom. The summed E-state index contributed by atoms with van der Waals surface area (Å²) in [6.45, 7) is 1.70. The number of carbonyl (C=O) groups is 1. The number of carbonyl (C=O) groups excluding carboxylic acids is 1. The first-order chi connectivity index (χ1) is 11.9. The smallest absolute Gasteiger partial charge is 0.306 e. The van der Waals surface area contributed by atoms with Gasteiger partial charge in [-0.1, -0.05) is 44.7 Å². The maximum atomic E-state index is 12.6. The molecule has 2 rings (SSSR count). The highest BCUT2D eigenvalue weighted by atomic mass is 32.3. The molecule has 1 aromatic carbocycles. The van der Waals surface area contributed by atoms with Gasteiger partial charge in [-0.2, -0.15) is 0 Å². The van der Waals surface area contributed by atoms with Crippen LogP contribution in [-0.4, -0.2) is 31.1 Å². The second-order valence-electron chi connectivity index (χ2n) is 6.29. The minimum absolute atomic E-state index is 0.0113. The molecule has 1 saturated carbocycles. The number of hydrogen-bond acceptors (Lipinski definition) is 5. The van der Waals surface area contributed by atoms with Crippen LogP contribution in [0, 0.1) is 0 Å². The maximum Gasteiger partial charge on any atom is 0.306 e. The molecule has 1 fully saturated rings. The lowest BCUT2D eigenvalue weighted by molar-refractivity contribution is -0.141. The van der Waals surface area contributed by atoms with Gasteiger partial charge in [-0.15, -0.1) is 3.71 Å². The molecule has 0 saturated heterocycles. The van der Waals surface area contributed by atoms with Gasteiger partial charge in [0.05, 0.1) is 4.90 Å². The van der Waals surface area contributed by atoms with Crippen molar-refractivity contribution in [2.75, 3.05) is 13.0 Å². The van der Waals surface area contributed by atoms with Gasteiger partial charge in [-0.3, -0.25) is 4.79 Å². The molecule has 0 spiro atoms. The summed E-state index contributed by atoms with van der Waals surface area (Å²) in [4.78, 5) is 11.4. The van der Waals surface area contributed by atoms with Crippen molar-refractivity contribution in [2.45, 2.75) is 62.7 Å². The molecule has 0 unspecified atom stereocenters. The second kappa shape index (κ2) is 9.59. The number of sulfonamides is 1. The summed E-state index contributed by atoms with van der Waals surface area (Å²) >= 11 is 0.959. The minimum Gasteiger partial charge on any atom is -0.453 e. The largest absolute Gasteiger partial charge is 0.453 e. The van der Waals surface area contributed by atoms with Gasteiger partial charge in [0.15, 0.2) is 5.94 Å². The van der Waals surface area contributed by atoms with Crippen LogP contribution in [0.5, 0.6) is 0 Å². The third-order valence-corrected chi connectivity index (χ3v) is 7.62. The maximum absolute atomic E-state index is 12.6. The van der Waals surface area contributed by atoms with Crippen LogP contribution in [-0.2, 0) is 19.6 Å². The van der Waals surface area contributed by atoms with E-state index in [4.69, 9.17) is 4.74 Å².